The van der Waals surface area contributed by atoms with Crippen molar-refractivity contribution in [2.45, 2.75) is 0 Å². The fourth-order valence-electron chi connectivity index (χ4n) is 1.48. The highest BCUT2D eigenvalue weighted by molar-refractivity contribution is 6.31. The van der Waals surface area contributed by atoms with Gasteiger partial charge in [-0.15, -0.1) is 0 Å². The summed E-state index contributed by atoms with van der Waals surface area (Å²) in [5.41, 5.74) is 0.218. The summed E-state index contributed by atoms with van der Waals surface area (Å²) in [7, 11) is 0. The Bertz CT molecular complexity index is 581. The normalized spacial score (nSPS) is 9.68. The number of halogens is 1. The van der Waals surface area contributed by atoms with Gasteiger partial charge in [0.1, 0.15) is 24.2 Å². The molecule has 0 radical (unpaired) electrons. The van der Waals surface area contributed by atoms with E-state index in [1.807, 2.05) is 36.4 Å². The maximum atomic E-state index is 8.81. The lowest BCUT2D eigenvalue weighted by atomic mass is 10.3. The van der Waals surface area contributed by atoms with Gasteiger partial charge in [-0.25, -0.2) is 4.98 Å². The van der Waals surface area contributed by atoms with Crippen molar-refractivity contribution in [3.8, 4) is 11.8 Å². The molecule has 4 nitrogen and oxygen atoms in total. The Morgan fingerprint density at radius 1 is 1.21 bits per heavy atom. The van der Waals surface area contributed by atoms with Crippen LogP contribution in [-0.2, 0) is 0 Å². The Balaban J connectivity index is 1.82. The zero-order chi connectivity index (χ0) is 13.5. The largest absolute Gasteiger partial charge is 0.492 e. The summed E-state index contributed by atoms with van der Waals surface area (Å²) < 4.78 is 5.53. The van der Waals surface area contributed by atoms with Crippen molar-refractivity contribution in [3.05, 3.63) is 53.2 Å². The first-order valence-electron chi connectivity index (χ1n) is 5.78. The number of nitrogens with one attached hydrogen (secondary N) is 1. The van der Waals surface area contributed by atoms with E-state index in [-0.39, 0.29) is 5.69 Å². The number of hydrogen-bond acceptors (Lipinski definition) is 4. The fourth-order valence-corrected chi connectivity index (χ4v) is 1.63. The van der Waals surface area contributed by atoms with Gasteiger partial charge in [0.05, 0.1) is 11.6 Å². The van der Waals surface area contributed by atoms with Crippen LogP contribution in [0.15, 0.2) is 42.5 Å². The third-order valence-corrected chi connectivity index (χ3v) is 2.68. The molecule has 0 bridgehead atoms. The van der Waals surface area contributed by atoms with Crippen LogP contribution in [0.1, 0.15) is 5.69 Å². The summed E-state index contributed by atoms with van der Waals surface area (Å²) in [6.45, 7) is 1.10. The van der Waals surface area contributed by atoms with Gasteiger partial charge in [0, 0.05) is 0 Å². The Hall–Kier alpha value is -2.25. The van der Waals surface area contributed by atoms with Crippen LogP contribution in [0, 0.1) is 11.3 Å². The lowest BCUT2D eigenvalue weighted by Crippen LogP contribution is -2.12. The van der Waals surface area contributed by atoms with Gasteiger partial charge in [-0.05, 0) is 24.3 Å². The van der Waals surface area contributed by atoms with E-state index in [9.17, 15) is 0 Å². The van der Waals surface area contributed by atoms with Crippen LogP contribution in [0.5, 0.6) is 5.75 Å². The molecule has 0 unspecified atom stereocenters. The number of aromatic nitrogens is 1. The molecule has 0 atom stereocenters. The van der Waals surface area contributed by atoms with Crippen molar-refractivity contribution < 1.29 is 4.74 Å². The molecule has 0 aliphatic carbocycles. The van der Waals surface area contributed by atoms with Crippen molar-refractivity contribution >= 4 is 17.4 Å². The van der Waals surface area contributed by atoms with E-state index >= 15 is 0 Å². The highest BCUT2D eigenvalue weighted by Crippen LogP contribution is 2.15. The molecule has 5 heteroatoms. The summed E-state index contributed by atoms with van der Waals surface area (Å²) >= 11 is 5.80. The maximum Gasteiger partial charge on any atom is 0.161 e. The van der Waals surface area contributed by atoms with E-state index in [1.54, 1.807) is 12.1 Å². The van der Waals surface area contributed by atoms with Crippen molar-refractivity contribution in [1.82, 2.24) is 4.98 Å². The number of nitriles is 1. The number of para-hydroxylation sites is 1. The average molecular weight is 274 g/mol. The van der Waals surface area contributed by atoms with Crippen LogP contribution in [0.25, 0.3) is 0 Å². The van der Waals surface area contributed by atoms with E-state index in [0.717, 1.165) is 5.75 Å². The summed E-state index contributed by atoms with van der Waals surface area (Å²) in [4.78, 5) is 4.08. The number of benzene rings is 1. The van der Waals surface area contributed by atoms with E-state index in [1.165, 1.54) is 0 Å². The molecule has 1 aromatic carbocycles. The number of anilines is 1. The highest BCUT2D eigenvalue weighted by atomic mass is 35.5. The Morgan fingerprint density at radius 2 is 2.00 bits per heavy atom. The molecule has 0 aliphatic heterocycles. The molecule has 1 heterocycles. The minimum atomic E-state index is 0.218. The molecule has 2 rings (SSSR count). The predicted molar refractivity (Wildman–Crippen MR) is 74.4 cm³/mol. The number of hydrogen-bond donors (Lipinski definition) is 1. The lowest BCUT2D eigenvalue weighted by molar-refractivity contribution is 0.333. The average Bonchev–Trinajstić information content (AvgIpc) is 2.46. The SMILES string of the molecule is N#Cc1nc(NCCOc2ccccc2)ccc1Cl. The zero-order valence-corrected chi connectivity index (χ0v) is 10.9. The first-order chi connectivity index (χ1) is 9.29. The zero-order valence-electron chi connectivity index (χ0n) is 10.1. The van der Waals surface area contributed by atoms with Gasteiger partial charge in [-0.1, -0.05) is 29.8 Å². The first-order valence-corrected chi connectivity index (χ1v) is 6.16. The van der Waals surface area contributed by atoms with Crippen molar-refractivity contribution in [2.24, 2.45) is 0 Å². The quantitative estimate of drug-likeness (QED) is 0.851. The molecule has 1 N–H and O–H groups in total. The molecule has 0 amide bonds. The maximum absolute atomic E-state index is 8.81. The smallest absolute Gasteiger partial charge is 0.161 e. The molecule has 0 spiro atoms. The Kier molecular flexibility index (Phi) is 4.60. The fraction of sp³-hybridized carbons (Fsp3) is 0.143. The van der Waals surface area contributed by atoms with E-state index in [2.05, 4.69) is 10.3 Å². The van der Waals surface area contributed by atoms with Gasteiger partial charge in [-0.3, -0.25) is 0 Å². The predicted octanol–water partition coefficient (Wildman–Crippen LogP) is 3.10. The topological polar surface area (TPSA) is 57.9 Å². The molecule has 96 valence electrons. The Labute approximate surface area is 116 Å². The molecule has 19 heavy (non-hydrogen) atoms. The van der Waals surface area contributed by atoms with Gasteiger partial charge in [-0.2, -0.15) is 5.26 Å². The molecule has 1 aromatic heterocycles. The van der Waals surface area contributed by atoms with Crippen LogP contribution in [-0.4, -0.2) is 18.1 Å². The summed E-state index contributed by atoms with van der Waals surface area (Å²) in [6, 6.07) is 14.9. The molecule has 0 saturated heterocycles. The summed E-state index contributed by atoms with van der Waals surface area (Å²) in [6.07, 6.45) is 0. The third-order valence-electron chi connectivity index (χ3n) is 2.37. The molecular weight excluding hydrogens is 262 g/mol. The number of ether oxygens (including phenoxy) is 1. The number of pyridine rings is 1. The second kappa shape index (κ2) is 6.62. The summed E-state index contributed by atoms with van der Waals surface area (Å²) in [5.74, 6) is 1.43. The molecule has 2 aromatic rings. The van der Waals surface area contributed by atoms with Crippen LogP contribution < -0.4 is 10.1 Å². The van der Waals surface area contributed by atoms with Gasteiger partial charge >= 0.3 is 0 Å². The van der Waals surface area contributed by atoms with Crippen molar-refractivity contribution in [1.29, 1.82) is 5.26 Å². The van der Waals surface area contributed by atoms with Crippen LogP contribution in [0.4, 0.5) is 5.82 Å². The molecule has 0 aliphatic rings. The number of nitrogens with zero attached hydrogens (tertiary/aromatic N) is 2. The van der Waals surface area contributed by atoms with E-state index < -0.39 is 0 Å². The van der Waals surface area contributed by atoms with Gasteiger partial charge < -0.3 is 10.1 Å². The van der Waals surface area contributed by atoms with Crippen molar-refractivity contribution in [2.75, 3.05) is 18.5 Å². The first kappa shape index (κ1) is 13.2. The van der Waals surface area contributed by atoms with Gasteiger partial charge in [0.25, 0.3) is 0 Å². The minimum absolute atomic E-state index is 0.218. The third kappa shape index (κ3) is 3.87. The lowest BCUT2D eigenvalue weighted by Gasteiger charge is -2.08. The monoisotopic (exact) mass is 273 g/mol. The van der Waals surface area contributed by atoms with Crippen LogP contribution >= 0.6 is 11.6 Å². The molecule has 0 saturated carbocycles. The van der Waals surface area contributed by atoms with Crippen molar-refractivity contribution in [3.63, 3.8) is 0 Å². The standard InChI is InChI=1S/C14H12ClN3O/c15-12-6-7-14(18-13(12)10-16)17-8-9-19-11-4-2-1-3-5-11/h1-7H,8-9H2,(H,17,18). The van der Waals surface area contributed by atoms with Crippen LogP contribution in [0.3, 0.4) is 0 Å². The molecular formula is C14H12ClN3O. The van der Waals surface area contributed by atoms with Gasteiger partial charge in [0.15, 0.2) is 5.69 Å². The minimum Gasteiger partial charge on any atom is -0.492 e. The van der Waals surface area contributed by atoms with Crippen LogP contribution in [0.2, 0.25) is 5.02 Å². The Morgan fingerprint density at radius 3 is 2.74 bits per heavy atom. The summed E-state index contributed by atoms with van der Waals surface area (Å²) in [5, 5.41) is 12.2. The second-order valence-electron chi connectivity index (χ2n) is 3.73. The number of rotatable bonds is 5. The van der Waals surface area contributed by atoms with Gasteiger partial charge in [0.2, 0.25) is 0 Å². The highest BCUT2D eigenvalue weighted by Gasteiger charge is 2.02. The second-order valence-corrected chi connectivity index (χ2v) is 4.13. The molecule has 0 fully saturated rings. The van der Waals surface area contributed by atoms with E-state index in [4.69, 9.17) is 21.6 Å². The van der Waals surface area contributed by atoms with E-state index in [0.29, 0.717) is 24.0 Å².